The zero-order chi connectivity index (χ0) is 19.6. The SMILES string of the molecule is Cc1ccc(OCc2nc(C(=O)NCCCCOc3ccccc3)cs2)cc1. The smallest absolute Gasteiger partial charge is 0.270 e. The highest BCUT2D eigenvalue weighted by atomic mass is 32.1. The lowest BCUT2D eigenvalue weighted by atomic mass is 10.2. The molecule has 0 radical (unpaired) electrons. The third-order valence-electron chi connectivity index (χ3n) is 4.04. The summed E-state index contributed by atoms with van der Waals surface area (Å²) < 4.78 is 11.3. The average Bonchev–Trinajstić information content (AvgIpc) is 3.20. The minimum Gasteiger partial charge on any atom is -0.494 e. The van der Waals surface area contributed by atoms with Crippen LogP contribution in [-0.2, 0) is 6.61 Å². The predicted octanol–water partition coefficient (Wildman–Crippen LogP) is 4.62. The highest BCUT2D eigenvalue weighted by molar-refractivity contribution is 7.09. The summed E-state index contributed by atoms with van der Waals surface area (Å²) in [6, 6.07) is 17.6. The Labute approximate surface area is 169 Å². The Morgan fingerprint density at radius 1 is 1.00 bits per heavy atom. The third kappa shape index (κ3) is 6.39. The molecule has 0 aliphatic heterocycles. The predicted molar refractivity (Wildman–Crippen MR) is 111 cm³/mol. The van der Waals surface area contributed by atoms with Gasteiger partial charge in [-0.2, -0.15) is 0 Å². The van der Waals surface area contributed by atoms with Crippen LogP contribution in [0.5, 0.6) is 11.5 Å². The first-order chi connectivity index (χ1) is 13.7. The number of unbranched alkanes of at least 4 members (excludes halogenated alkanes) is 1. The normalized spacial score (nSPS) is 10.5. The van der Waals surface area contributed by atoms with Crippen LogP contribution in [0.1, 0.15) is 33.9 Å². The lowest BCUT2D eigenvalue weighted by Gasteiger charge is -2.06. The highest BCUT2D eigenvalue weighted by Gasteiger charge is 2.10. The van der Waals surface area contributed by atoms with Gasteiger partial charge in [-0.25, -0.2) is 4.98 Å². The molecule has 0 saturated carbocycles. The summed E-state index contributed by atoms with van der Waals surface area (Å²) in [5, 5.41) is 5.45. The largest absolute Gasteiger partial charge is 0.494 e. The van der Waals surface area contributed by atoms with E-state index < -0.39 is 0 Å². The van der Waals surface area contributed by atoms with Crippen molar-refractivity contribution in [1.82, 2.24) is 10.3 Å². The van der Waals surface area contributed by atoms with Gasteiger partial charge in [0.15, 0.2) is 0 Å². The van der Waals surface area contributed by atoms with Crippen LogP contribution in [0, 0.1) is 6.92 Å². The number of para-hydroxylation sites is 1. The van der Waals surface area contributed by atoms with Crippen molar-refractivity contribution in [3.05, 3.63) is 76.2 Å². The number of carbonyl (C=O) groups is 1. The molecule has 5 nitrogen and oxygen atoms in total. The summed E-state index contributed by atoms with van der Waals surface area (Å²) in [6.45, 7) is 3.63. The molecule has 2 aromatic carbocycles. The number of thiazole rings is 1. The molecule has 6 heteroatoms. The van der Waals surface area contributed by atoms with Crippen LogP contribution in [0.2, 0.25) is 0 Å². The van der Waals surface area contributed by atoms with Gasteiger partial charge in [-0.1, -0.05) is 35.9 Å². The number of amides is 1. The first-order valence-electron chi connectivity index (χ1n) is 9.30. The number of aromatic nitrogens is 1. The van der Waals surface area contributed by atoms with Gasteiger partial charge in [0.25, 0.3) is 5.91 Å². The van der Waals surface area contributed by atoms with Crippen molar-refractivity contribution >= 4 is 17.2 Å². The minimum absolute atomic E-state index is 0.151. The molecule has 146 valence electrons. The van der Waals surface area contributed by atoms with Gasteiger partial charge < -0.3 is 14.8 Å². The monoisotopic (exact) mass is 396 g/mol. The molecule has 0 aliphatic carbocycles. The van der Waals surface area contributed by atoms with Gasteiger partial charge in [0.2, 0.25) is 0 Å². The van der Waals surface area contributed by atoms with Gasteiger partial charge in [-0.3, -0.25) is 4.79 Å². The van der Waals surface area contributed by atoms with Crippen LogP contribution < -0.4 is 14.8 Å². The van der Waals surface area contributed by atoms with Crippen LogP contribution in [0.15, 0.2) is 60.0 Å². The first-order valence-corrected chi connectivity index (χ1v) is 10.2. The molecule has 1 aromatic heterocycles. The highest BCUT2D eigenvalue weighted by Crippen LogP contribution is 2.16. The molecule has 28 heavy (non-hydrogen) atoms. The summed E-state index contributed by atoms with van der Waals surface area (Å²) >= 11 is 1.43. The molecule has 0 unspecified atom stereocenters. The Bertz CT molecular complexity index is 863. The van der Waals surface area contributed by atoms with E-state index in [-0.39, 0.29) is 5.91 Å². The maximum absolute atomic E-state index is 12.2. The van der Waals surface area contributed by atoms with E-state index in [0.717, 1.165) is 29.3 Å². The molecular formula is C22H24N2O3S. The maximum atomic E-state index is 12.2. The molecule has 1 heterocycles. The van der Waals surface area contributed by atoms with Crippen molar-refractivity contribution in [3.8, 4) is 11.5 Å². The standard InChI is InChI=1S/C22H24N2O3S/c1-17-9-11-19(12-10-17)27-15-21-24-20(16-28-21)22(25)23-13-5-6-14-26-18-7-3-2-4-8-18/h2-4,7-12,16H,5-6,13-15H2,1H3,(H,23,25). The van der Waals surface area contributed by atoms with E-state index in [1.54, 1.807) is 5.38 Å². The lowest BCUT2D eigenvalue weighted by molar-refractivity contribution is 0.0947. The molecular weight excluding hydrogens is 372 g/mol. The molecule has 3 rings (SSSR count). The third-order valence-corrected chi connectivity index (χ3v) is 4.86. The maximum Gasteiger partial charge on any atom is 0.270 e. The summed E-state index contributed by atoms with van der Waals surface area (Å²) in [6.07, 6.45) is 1.73. The zero-order valence-corrected chi connectivity index (χ0v) is 16.7. The fourth-order valence-electron chi connectivity index (χ4n) is 2.49. The number of hydrogen-bond donors (Lipinski definition) is 1. The van der Waals surface area contributed by atoms with Crippen LogP contribution >= 0.6 is 11.3 Å². The summed E-state index contributed by atoms with van der Waals surface area (Å²) in [5.74, 6) is 1.51. The van der Waals surface area contributed by atoms with Crippen molar-refractivity contribution in [2.75, 3.05) is 13.2 Å². The molecule has 0 fully saturated rings. The lowest BCUT2D eigenvalue weighted by Crippen LogP contribution is -2.25. The van der Waals surface area contributed by atoms with Gasteiger partial charge in [-0.15, -0.1) is 11.3 Å². The van der Waals surface area contributed by atoms with Crippen LogP contribution in [0.4, 0.5) is 0 Å². The molecule has 0 bridgehead atoms. The number of ether oxygens (including phenoxy) is 2. The number of aryl methyl sites for hydroxylation is 1. The minimum atomic E-state index is -0.151. The Balaban J connectivity index is 1.33. The molecule has 3 aromatic rings. The van der Waals surface area contributed by atoms with Crippen molar-refractivity contribution in [3.63, 3.8) is 0 Å². The van der Waals surface area contributed by atoms with Crippen LogP contribution in [-0.4, -0.2) is 24.0 Å². The Kier molecular flexibility index (Phi) is 7.44. The first kappa shape index (κ1) is 19.9. The fourth-order valence-corrected chi connectivity index (χ4v) is 3.17. The number of carbonyl (C=O) groups excluding carboxylic acids is 1. The van der Waals surface area contributed by atoms with Gasteiger partial charge in [0.05, 0.1) is 6.61 Å². The van der Waals surface area contributed by atoms with E-state index in [1.807, 2.05) is 61.5 Å². The topological polar surface area (TPSA) is 60.5 Å². The molecule has 1 N–H and O–H groups in total. The Morgan fingerprint density at radius 2 is 1.75 bits per heavy atom. The van der Waals surface area contributed by atoms with Crippen molar-refractivity contribution in [1.29, 1.82) is 0 Å². The fraction of sp³-hybridized carbons (Fsp3) is 0.273. The summed E-state index contributed by atoms with van der Waals surface area (Å²) in [4.78, 5) is 16.5. The van der Waals surface area contributed by atoms with E-state index in [2.05, 4.69) is 10.3 Å². The van der Waals surface area contributed by atoms with Crippen molar-refractivity contribution < 1.29 is 14.3 Å². The number of nitrogens with zero attached hydrogens (tertiary/aromatic N) is 1. The molecule has 0 saturated heterocycles. The van der Waals surface area contributed by atoms with E-state index in [1.165, 1.54) is 16.9 Å². The van der Waals surface area contributed by atoms with Gasteiger partial charge >= 0.3 is 0 Å². The summed E-state index contributed by atoms with van der Waals surface area (Å²) in [5.41, 5.74) is 1.63. The van der Waals surface area contributed by atoms with E-state index in [9.17, 15) is 4.79 Å². The molecule has 0 spiro atoms. The van der Waals surface area contributed by atoms with E-state index in [0.29, 0.717) is 25.5 Å². The van der Waals surface area contributed by atoms with Gasteiger partial charge in [0, 0.05) is 11.9 Å². The van der Waals surface area contributed by atoms with E-state index in [4.69, 9.17) is 9.47 Å². The van der Waals surface area contributed by atoms with Gasteiger partial charge in [0.1, 0.15) is 28.8 Å². The number of rotatable bonds is 10. The second-order valence-corrected chi connectivity index (χ2v) is 7.30. The second kappa shape index (κ2) is 10.5. The zero-order valence-electron chi connectivity index (χ0n) is 15.9. The number of benzene rings is 2. The van der Waals surface area contributed by atoms with Crippen molar-refractivity contribution in [2.45, 2.75) is 26.4 Å². The average molecular weight is 397 g/mol. The van der Waals surface area contributed by atoms with Gasteiger partial charge in [-0.05, 0) is 44.0 Å². The molecule has 0 aliphatic rings. The second-order valence-electron chi connectivity index (χ2n) is 6.35. The summed E-state index contributed by atoms with van der Waals surface area (Å²) in [7, 11) is 0. The molecule has 1 amide bonds. The Hall–Kier alpha value is -2.86. The van der Waals surface area contributed by atoms with E-state index >= 15 is 0 Å². The van der Waals surface area contributed by atoms with Crippen LogP contribution in [0.25, 0.3) is 0 Å². The van der Waals surface area contributed by atoms with Crippen LogP contribution in [0.3, 0.4) is 0 Å². The number of nitrogens with one attached hydrogen (secondary N) is 1. The quantitative estimate of drug-likeness (QED) is 0.508. The molecule has 0 atom stereocenters. The Morgan fingerprint density at radius 3 is 2.54 bits per heavy atom. The van der Waals surface area contributed by atoms with Crippen molar-refractivity contribution in [2.24, 2.45) is 0 Å². The number of hydrogen-bond acceptors (Lipinski definition) is 5.